The number of aromatic nitrogens is 4. The third-order valence-electron chi connectivity index (χ3n) is 5.07. The van der Waals surface area contributed by atoms with Crippen LogP contribution in [0.2, 0.25) is 0 Å². The average Bonchev–Trinajstić information content (AvgIpc) is 3.27. The fourth-order valence-electron chi connectivity index (χ4n) is 3.82. The van der Waals surface area contributed by atoms with E-state index < -0.39 is 0 Å². The molecule has 3 atom stereocenters. The number of nitrogens with one attached hydrogen (secondary N) is 1. The van der Waals surface area contributed by atoms with Crippen LogP contribution < -0.4 is 11.1 Å². The Labute approximate surface area is 140 Å². The van der Waals surface area contributed by atoms with E-state index in [1.165, 1.54) is 12.8 Å². The van der Waals surface area contributed by atoms with Crippen LogP contribution in [0.25, 0.3) is 11.2 Å². The second-order valence-corrected chi connectivity index (χ2v) is 6.93. The molecule has 4 N–H and O–H groups in total. The van der Waals surface area contributed by atoms with Crippen LogP contribution >= 0.6 is 0 Å². The molecule has 1 aliphatic carbocycles. The number of ether oxygens (including phenoxy) is 1. The Morgan fingerprint density at radius 1 is 1.38 bits per heavy atom. The van der Waals surface area contributed by atoms with Crippen molar-refractivity contribution in [3.8, 4) is 0 Å². The number of nitrogen functional groups attached to an aromatic ring is 1. The van der Waals surface area contributed by atoms with Gasteiger partial charge < -0.3 is 20.9 Å². The van der Waals surface area contributed by atoms with Crippen LogP contribution in [0.5, 0.6) is 0 Å². The van der Waals surface area contributed by atoms with Crippen LogP contribution in [0.15, 0.2) is 6.33 Å². The number of imidazole rings is 1. The molecule has 1 saturated carbocycles. The van der Waals surface area contributed by atoms with E-state index in [0.717, 1.165) is 19.3 Å². The van der Waals surface area contributed by atoms with E-state index in [-0.39, 0.29) is 24.9 Å². The molecule has 8 nitrogen and oxygen atoms in total. The van der Waals surface area contributed by atoms with Gasteiger partial charge in [0.2, 0.25) is 5.95 Å². The van der Waals surface area contributed by atoms with Gasteiger partial charge in [-0.2, -0.15) is 9.97 Å². The minimum Gasteiger partial charge on any atom is -0.394 e. The van der Waals surface area contributed by atoms with Gasteiger partial charge in [-0.3, -0.25) is 4.57 Å². The minimum atomic E-state index is -0.194. The molecule has 4 rings (SSSR count). The fourth-order valence-corrected chi connectivity index (χ4v) is 3.82. The lowest BCUT2D eigenvalue weighted by Gasteiger charge is -2.18. The molecule has 2 aliphatic rings. The highest BCUT2D eigenvalue weighted by Gasteiger charge is 2.34. The monoisotopic (exact) mass is 332 g/mol. The molecule has 2 fully saturated rings. The van der Waals surface area contributed by atoms with Gasteiger partial charge in [0.25, 0.3) is 0 Å². The molecule has 1 aliphatic heterocycles. The van der Waals surface area contributed by atoms with Crippen LogP contribution in [0, 0.1) is 5.92 Å². The molecule has 2 aromatic rings. The summed E-state index contributed by atoms with van der Waals surface area (Å²) in [5.41, 5.74) is 7.36. The highest BCUT2D eigenvalue weighted by Crippen LogP contribution is 2.36. The standard InChI is InChI=1S/C16H24N6O2/c1-9-6-11(7-23)24-15(9)22-8-18-12-13(17)20-16(21-14(12)22)19-10-4-2-3-5-10/h8-11,15,23H,2-7H2,1H3,(H3,17,19,20,21)/t9-,11+,15-/m1/s1. The van der Waals surface area contributed by atoms with E-state index in [4.69, 9.17) is 10.5 Å². The molecule has 0 spiro atoms. The van der Waals surface area contributed by atoms with Gasteiger partial charge in [0.05, 0.1) is 19.0 Å². The minimum absolute atomic E-state index is 0.0269. The Balaban J connectivity index is 1.67. The van der Waals surface area contributed by atoms with Crippen molar-refractivity contribution in [2.45, 2.75) is 57.4 Å². The number of anilines is 2. The molecule has 24 heavy (non-hydrogen) atoms. The van der Waals surface area contributed by atoms with E-state index in [2.05, 4.69) is 27.2 Å². The predicted octanol–water partition coefficient (Wildman–Crippen LogP) is 1.68. The lowest BCUT2D eigenvalue weighted by molar-refractivity contribution is -0.0294. The maximum Gasteiger partial charge on any atom is 0.226 e. The van der Waals surface area contributed by atoms with Crippen LogP contribution in [-0.2, 0) is 4.74 Å². The zero-order valence-electron chi connectivity index (χ0n) is 13.9. The van der Waals surface area contributed by atoms with E-state index in [1.54, 1.807) is 6.33 Å². The van der Waals surface area contributed by atoms with E-state index in [1.807, 2.05) is 4.57 Å². The topological polar surface area (TPSA) is 111 Å². The average molecular weight is 332 g/mol. The molecule has 0 unspecified atom stereocenters. The maximum atomic E-state index is 9.35. The smallest absolute Gasteiger partial charge is 0.226 e. The number of hydrogen-bond acceptors (Lipinski definition) is 7. The second-order valence-electron chi connectivity index (χ2n) is 6.93. The summed E-state index contributed by atoms with van der Waals surface area (Å²) in [6.07, 6.45) is 6.94. The van der Waals surface area contributed by atoms with Gasteiger partial charge in [0.15, 0.2) is 11.5 Å². The quantitative estimate of drug-likeness (QED) is 0.781. The first-order valence-electron chi connectivity index (χ1n) is 8.68. The first-order chi connectivity index (χ1) is 11.7. The zero-order chi connectivity index (χ0) is 16.7. The Morgan fingerprint density at radius 2 is 2.17 bits per heavy atom. The lowest BCUT2D eigenvalue weighted by Crippen LogP contribution is -2.18. The second kappa shape index (κ2) is 6.18. The molecule has 8 heteroatoms. The summed E-state index contributed by atoms with van der Waals surface area (Å²) in [5, 5.41) is 12.7. The molecule has 0 aromatic carbocycles. The highest BCUT2D eigenvalue weighted by molar-refractivity contribution is 5.83. The number of nitrogens with two attached hydrogens (primary N) is 1. The largest absolute Gasteiger partial charge is 0.394 e. The highest BCUT2D eigenvalue weighted by atomic mass is 16.5. The van der Waals surface area contributed by atoms with Crippen molar-refractivity contribution in [2.75, 3.05) is 17.7 Å². The Bertz CT molecular complexity index is 727. The van der Waals surface area contributed by atoms with E-state index in [9.17, 15) is 5.11 Å². The Kier molecular flexibility index (Phi) is 4.01. The number of rotatable bonds is 4. The summed E-state index contributed by atoms with van der Waals surface area (Å²) < 4.78 is 7.85. The molecule has 3 heterocycles. The predicted molar refractivity (Wildman–Crippen MR) is 90.4 cm³/mol. The van der Waals surface area contributed by atoms with Crippen LogP contribution in [-0.4, -0.2) is 43.4 Å². The van der Waals surface area contributed by atoms with Crippen LogP contribution in [0.4, 0.5) is 11.8 Å². The third-order valence-corrected chi connectivity index (χ3v) is 5.07. The van der Waals surface area contributed by atoms with Crippen molar-refractivity contribution in [1.29, 1.82) is 0 Å². The summed E-state index contributed by atoms with van der Waals surface area (Å²) in [5.74, 6) is 1.20. The van der Waals surface area contributed by atoms with Crippen molar-refractivity contribution < 1.29 is 9.84 Å². The molecular weight excluding hydrogens is 308 g/mol. The van der Waals surface area contributed by atoms with Gasteiger partial charge in [0, 0.05) is 12.0 Å². The molecule has 0 bridgehead atoms. The summed E-state index contributed by atoms with van der Waals surface area (Å²) in [6.45, 7) is 2.13. The number of nitrogens with zero attached hydrogens (tertiary/aromatic N) is 4. The molecular formula is C16H24N6O2. The van der Waals surface area contributed by atoms with Crippen molar-refractivity contribution in [1.82, 2.24) is 19.5 Å². The van der Waals surface area contributed by atoms with Gasteiger partial charge in [-0.15, -0.1) is 0 Å². The number of fused-ring (bicyclic) bond motifs is 1. The first-order valence-corrected chi connectivity index (χ1v) is 8.68. The molecule has 1 saturated heterocycles. The van der Waals surface area contributed by atoms with Crippen molar-refractivity contribution >= 4 is 22.9 Å². The van der Waals surface area contributed by atoms with Gasteiger partial charge in [0.1, 0.15) is 11.7 Å². The van der Waals surface area contributed by atoms with Crippen molar-refractivity contribution in [3.63, 3.8) is 0 Å². The molecule has 0 amide bonds. The summed E-state index contributed by atoms with van der Waals surface area (Å²) in [4.78, 5) is 13.4. The van der Waals surface area contributed by atoms with Gasteiger partial charge >= 0.3 is 0 Å². The first kappa shape index (κ1) is 15.6. The number of aliphatic hydroxyl groups is 1. The van der Waals surface area contributed by atoms with E-state index >= 15 is 0 Å². The molecule has 130 valence electrons. The zero-order valence-corrected chi connectivity index (χ0v) is 13.9. The van der Waals surface area contributed by atoms with Crippen molar-refractivity contribution in [2.24, 2.45) is 5.92 Å². The summed E-state index contributed by atoms with van der Waals surface area (Å²) in [7, 11) is 0. The van der Waals surface area contributed by atoms with Gasteiger partial charge in [-0.05, 0) is 19.3 Å². The third kappa shape index (κ3) is 2.69. The van der Waals surface area contributed by atoms with Gasteiger partial charge in [-0.1, -0.05) is 19.8 Å². The normalized spacial score (nSPS) is 28.0. The van der Waals surface area contributed by atoms with Crippen LogP contribution in [0.3, 0.4) is 0 Å². The Morgan fingerprint density at radius 3 is 2.88 bits per heavy atom. The van der Waals surface area contributed by atoms with E-state index in [0.29, 0.717) is 29.0 Å². The summed E-state index contributed by atoms with van der Waals surface area (Å²) >= 11 is 0. The fraction of sp³-hybridized carbons (Fsp3) is 0.688. The van der Waals surface area contributed by atoms with Crippen molar-refractivity contribution in [3.05, 3.63) is 6.33 Å². The van der Waals surface area contributed by atoms with Crippen LogP contribution in [0.1, 0.15) is 45.3 Å². The Hall–Kier alpha value is -1.93. The maximum absolute atomic E-state index is 9.35. The molecule has 2 aromatic heterocycles. The number of hydrogen-bond donors (Lipinski definition) is 3. The summed E-state index contributed by atoms with van der Waals surface area (Å²) in [6, 6.07) is 0.415. The SMILES string of the molecule is C[C@@H]1C[C@@H](CO)O[C@H]1n1cnc2c(N)nc(NC3CCCC3)nc21. The molecule has 0 radical (unpaired) electrons. The number of aliphatic hydroxyl groups excluding tert-OH is 1. The lowest BCUT2D eigenvalue weighted by atomic mass is 10.1. The van der Waals surface area contributed by atoms with Gasteiger partial charge in [-0.25, -0.2) is 4.98 Å².